The first-order chi connectivity index (χ1) is 5.24. The Morgan fingerprint density at radius 1 is 1.27 bits per heavy atom. The first-order valence-corrected chi connectivity index (χ1v) is 4.63. The van der Waals surface area contributed by atoms with Gasteiger partial charge in [-0.05, 0) is 36.5 Å². The van der Waals surface area contributed by atoms with Crippen molar-refractivity contribution in [1.82, 2.24) is 0 Å². The van der Waals surface area contributed by atoms with Crippen molar-refractivity contribution >= 4 is 0 Å². The van der Waals surface area contributed by atoms with E-state index < -0.39 is 0 Å². The van der Waals surface area contributed by atoms with Gasteiger partial charge in [0.15, 0.2) is 0 Å². The zero-order valence-corrected chi connectivity index (χ0v) is 7.25. The Labute approximate surface area is 68.4 Å². The summed E-state index contributed by atoms with van der Waals surface area (Å²) < 4.78 is 0. The van der Waals surface area contributed by atoms with Gasteiger partial charge in [0, 0.05) is 0 Å². The molecule has 60 valence electrons. The molecule has 1 nitrogen and oxygen atoms in total. The van der Waals surface area contributed by atoms with Gasteiger partial charge < -0.3 is 0 Å². The third kappa shape index (κ3) is 0.819. The molecule has 1 heteroatoms. The van der Waals surface area contributed by atoms with Crippen LogP contribution in [0.1, 0.15) is 26.7 Å². The largest absolute Gasteiger partial charge is 0.198 e. The van der Waals surface area contributed by atoms with Crippen LogP contribution in [-0.4, -0.2) is 0 Å². The Morgan fingerprint density at radius 2 is 2.00 bits per heavy atom. The minimum Gasteiger partial charge on any atom is -0.198 e. The molecule has 0 radical (unpaired) electrons. The molecule has 2 fully saturated rings. The quantitative estimate of drug-likeness (QED) is 0.519. The molecule has 2 saturated carbocycles. The van der Waals surface area contributed by atoms with Crippen molar-refractivity contribution in [2.24, 2.45) is 29.6 Å². The number of nitrogens with zero attached hydrogens (tertiary/aromatic N) is 1. The lowest BCUT2D eigenvalue weighted by Crippen LogP contribution is -2.23. The van der Waals surface area contributed by atoms with Crippen LogP contribution in [-0.2, 0) is 0 Å². The summed E-state index contributed by atoms with van der Waals surface area (Å²) in [6.45, 7) is 4.56. The molecule has 0 amide bonds. The standard InChI is InChI=1S/C10H15N/c1-6-3-8-4-9(6)10(5-11)7(8)2/h6-10H,3-4H2,1-2H3/t6-,7-,8+,9+,10+/m0/s1. The van der Waals surface area contributed by atoms with E-state index in [2.05, 4.69) is 19.9 Å². The molecule has 0 aromatic carbocycles. The van der Waals surface area contributed by atoms with Crippen molar-refractivity contribution in [2.45, 2.75) is 26.7 Å². The van der Waals surface area contributed by atoms with Gasteiger partial charge in [-0.2, -0.15) is 5.26 Å². The molecule has 0 N–H and O–H groups in total. The highest BCUT2D eigenvalue weighted by atomic mass is 14.5. The molecule has 5 atom stereocenters. The maximum Gasteiger partial charge on any atom is 0.0661 e. The summed E-state index contributed by atoms with van der Waals surface area (Å²) in [6, 6.07) is 2.48. The molecule has 0 aromatic heterocycles. The number of rotatable bonds is 0. The van der Waals surface area contributed by atoms with Crippen LogP contribution in [0.25, 0.3) is 0 Å². The van der Waals surface area contributed by atoms with Crippen molar-refractivity contribution in [2.75, 3.05) is 0 Å². The average molecular weight is 149 g/mol. The lowest BCUT2D eigenvalue weighted by molar-refractivity contribution is 0.231. The van der Waals surface area contributed by atoms with Crippen LogP contribution in [0.15, 0.2) is 0 Å². The summed E-state index contributed by atoms with van der Waals surface area (Å²) in [5, 5.41) is 8.93. The zero-order valence-electron chi connectivity index (χ0n) is 7.25. The van der Waals surface area contributed by atoms with Gasteiger partial charge in [0.25, 0.3) is 0 Å². The highest BCUT2D eigenvalue weighted by molar-refractivity contribution is 5.05. The van der Waals surface area contributed by atoms with Crippen LogP contribution < -0.4 is 0 Å². The Hall–Kier alpha value is -0.510. The molecule has 0 saturated heterocycles. The van der Waals surface area contributed by atoms with Crippen molar-refractivity contribution in [3.05, 3.63) is 0 Å². The van der Waals surface area contributed by atoms with Crippen LogP contribution in [0.5, 0.6) is 0 Å². The van der Waals surface area contributed by atoms with Gasteiger partial charge in [0.05, 0.1) is 12.0 Å². The van der Waals surface area contributed by atoms with Crippen molar-refractivity contribution < 1.29 is 0 Å². The Morgan fingerprint density at radius 3 is 2.45 bits per heavy atom. The van der Waals surface area contributed by atoms with E-state index in [0.717, 1.165) is 17.8 Å². The molecule has 2 aliphatic rings. The van der Waals surface area contributed by atoms with Crippen LogP contribution in [0, 0.1) is 40.9 Å². The molecule has 0 aromatic rings. The maximum absolute atomic E-state index is 8.93. The molecular weight excluding hydrogens is 134 g/mol. The van der Waals surface area contributed by atoms with Gasteiger partial charge in [0.2, 0.25) is 0 Å². The molecule has 11 heavy (non-hydrogen) atoms. The Balaban J connectivity index is 2.21. The molecule has 2 rings (SSSR count). The van der Waals surface area contributed by atoms with Crippen molar-refractivity contribution in [3.8, 4) is 6.07 Å². The third-order valence-electron chi connectivity index (χ3n) is 3.90. The molecule has 0 heterocycles. The summed E-state index contributed by atoms with van der Waals surface area (Å²) in [7, 11) is 0. The monoisotopic (exact) mass is 149 g/mol. The van der Waals surface area contributed by atoms with E-state index >= 15 is 0 Å². The van der Waals surface area contributed by atoms with Crippen molar-refractivity contribution in [3.63, 3.8) is 0 Å². The number of hydrogen-bond acceptors (Lipinski definition) is 1. The fraction of sp³-hybridized carbons (Fsp3) is 0.900. The predicted molar refractivity (Wildman–Crippen MR) is 43.6 cm³/mol. The second-order valence-corrected chi connectivity index (χ2v) is 4.39. The maximum atomic E-state index is 8.93. The molecule has 0 aliphatic heterocycles. The fourth-order valence-corrected chi connectivity index (χ4v) is 3.16. The zero-order chi connectivity index (χ0) is 8.01. The molecular formula is C10H15N. The van der Waals surface area contributed by atoms with E-state index in [0.29, 0.717) is 11.8 Å². The van der Waals surface area contributed by atoms with E-state index in [1.165, 1.54) is 12.8 Å². The van der Waals surface area contributed by atoms with Crippen LogP contribution in [0.4, 0.5) is 0 Å². The minimum atomic E-state index is 0.378. The smallest absolute Gasteiger partial charge is 0.0661 e. The van der Waals surface area contributed by atoms with E-state index in [-0.39, 0.29) is 0 Å². The van der Waals surface area contributed by atoms with Crippen LogP contribution in [0.2, 0.25) is 0 Å². The lowest BCUT2D eigenvalue weighted by atomic mass is 9.76. The van der Waals surface area contributed by atoms with E-state index in [4.69, 9.17) is 5.26 Å². The Bertz CT molecular complexity index is 203. The molecule has 0 spiro atoms. The summed E-state index contributed by atoms with van der Waals surface area (Å²) in [5.74, 6) is 3.49. The highest BCUT2D eigenvalue weighted by Gasteiger charge is 2.48. The summed E-state index contributed by atoms with van der Waals surface area (Å²) in [4.78, 5) is 0. The normalized spacial score (nSPS) is 54.5. The predicted octanol–water partition coefficient (Wildman–Crippen LogP) is 2.44. The summed E-state index contributed by atoms with van der Waals surface area (Å²) >= 11 is 0. The first-order valence-electron chi connectivity index (χ1n) is 4.63. The van der Waals surface area contributed by atoms with Gasteiger partial charge in [-0.15, -0.1) is 0 Å². The number of hydrogen-bond donors (Lipinski definition) is 0. The fourth-order valence-electron chi connectivity index (χ4n) is 3.16. The van der Waals surface area contributed by atoms with Crippen LogP contribution in [0.3, 0.4) is 0 Å². The minimum absolute atomic E-state index is 0.378. The third-order valence-corrected chi connectivity index (χ3v) is 3.90. The van der Waals surface area contributed by atoms with Gasteiger partial charge >= 0.3 is 0 Å². The second kappa shape index (κ2) is 2.24. The van der Waals surface area contributed by atoms with Gasteiger partial charge in [-0.3, -0.25) is 0 Å². The topological polar surface area (TPSA) is 23.8 Å². The number of fused-ring (bicyclic) bond motifs is 2. The highest BCUT2D eigenvalue weighted by Crippen LogP contribution is 2.54. The van der Waals surface area contributed by atoms with Crippen LogP contribution >= 0.6 is 0 Å². The van der Waals surface area contributed by atoms with E-state index in [9.17, 15) is 0 Å². The SMILES string of the molecule is C[C@H]1[C@H]2C[C@@H]([C@@H]1C#N)[C@@H](C)C2. The summed E-state index contributed by atoms with van der Waals surface area (Å²) in [5.41, 5.74) is 0. The second-order valence-electron chi connectivity index (χ2n) is 4.39. The van der Waals surface area contributed by atoms with E-state index in [1.54, 1.807) is 0 Å². The van der Waals surface area contributed by atoms with Crippen molar-refractivity contribution in [1.29, 1.82) is 5.26 Å². The van der Waals surface area contributed by atoms with Gasteiger partial charge in [0.1, 0.15) is 0 Å². The molecule has 2 aliphatic carbocycles. The summed E-state index contributed by atoms with van der Waals surface area (Å²) in [6.07, 6.45) is 2.71. The first kappa shape index (κ1) is 7.16. The van der Waals surface area contributed by atoms with E-state index in [1.807, 2.05) is 0 Å². The lowest BCUT2D eigenvalue weighted by Gasteiger charge is -2.27. The molecule has 0 unspecified atom stereocenters. The van der Waals surface area contributed by atoms with Gasteiger partial charge in [-0.1, -0.05) is 13.8 Å². The average Bonchev–Trinajstić information content (AvgIpc) is 2.45. The van der Waals surface area contributed by atoms with Gasteiger partial charge in [-0.25, -0.2) is 0 Å². The molecule has 2 bridgehead atoms. The Kier molecular flexibility index (Phi) is 1.45. The number of nitriles is 1.